The molecule has 0 radical (unpaired) electrons. The summed E-state index contributed by atoms with van der Waals surface area (Å²) in [4.78, 5) is 20.5. The third-order valence-electron chi connectivity index (χ3n) is 1.21. The van der Waals surface area contributed by atoms with Crippen LogP contribution in [0.3, 0.4) is 0 Å². The van der Waals surface area contributed by atoms with Crippen LogP contribution in [-0.2, 0) is 9.59 Å². The second-order valence-electron chi connectivity index (χ2n) is 1.94. The Morgan fingerprint density at radius 2 is 1.91 bits per heavy atom. The third-order valence-corrected chi connectivity index (χ3v) is 1.21. The van der Waals surface area contributed by atoms with Crippen molar-refractivity contribution in [2.45, 2.75) is 12.1 Å². The van der Waals surface area contributed by atoms with E-state index in [4.69, 9.17) is 10.2 Å². The Balaban J connectivity index is 2.71. The number of carboxylic acid groups (broad SMARTS) is 2. The second-order valence-corrected chi connectivity index (χ2v) is 1.94. The van der Waals surface area contributed by atoms with Gasteiger partial charge in [-0.25, -0.2) is 9.59 Å². The molecule has 2 atom stereocenters. The minimum atomic E-state index is -1.31. The van der Waals surface area contributed by atoms with Gasteiger partial charge < -0.3 is 10.2 Å². The highest BCUT2D eigenvalue weighted by Gasteiger charge is 2.37. The number of carboxylic acids is 2. The fourth-order valence-corrected chi connectivity index (χ4v) is 0.677. The maximum atomic E-state index is 10.3. The standard InChI is InChI=1S/C4H5N3O4/c8-3(9)1-2(4(10)11)6-7-5-1/h1-2H,(H,5,6)(H,8,9)(H,10,11). The van der Waals surface area contributed by atoms with Gasteiger partial charge in [0.2, 0.25) is 6.04 Å². The van der Waals surface area contributed by atoms with Gasteiger partial charge in [-0.2, -0.15) is 5.11 Å². The van der Waals surface area contributed by atoms with E-state index in [2.05, 4.69) is 15.8 Å². The molecule has 1 aliphatic heterocycles. The molecule has 0 aromatic carbocycles. The summed E-state index contributed by atoms with van der Waals surface area (Å²) in [5.74, 6) is -2.58. The molecule has 7 nitrogen and oxygen atoms in total. The summed E-state index contributed by atoms with van der Waals surface area (Å²) in [7, 11) is 0. The number of nitrogens with zero attached hydrogens (tertiary/aromatic N) is 2. The highest BCUT2D eigenvalue weighted by atomic mass is 16.4. The molecular weight excluding hydrogens is 154 g/mol. The Bertz CT molecular complexity index is 225. The topological polar surface area (TPSA) is 111 Å². The first-order valence-corrected chi connectivity index (χ1v) is 2.74. The lowest BCUT2D eigenvalue weighted by Gasteiger charge is -2.05. The van der Waals surface area contributed by atoms with Gasteiger partial charge in [0, 0.05) is 0 Å². The van der Waals surface area contributed by atoms with Gasteiger partial charge in [-0.3, -0.25) is 5.43 Å². The molecule has 0 saturated heterocycles. The Labute approximate surface area is 60.7 Å². The summed E-state index contributed by atoms with van der Waals surface area (Å²) >= 11 is 0. The monoisotopic (exact) mass is 159 g/mol. The van der Waals surface area contributed by atoms with Crippen LogP contribution < -0.4 is 5.43 Å². The summed E-state index contributed by atoms with van der Waals surface area (Å²) in [6.07, 6.45) is 0. The molecule has 0 aliphatic carbocycles. The van der Waals surface area contributed by atoms with E-state index >= 15 is 0 Å². The normalized spacial score (nSPS) is 28.0. The van der Waals surface area contributed by atoms with E-state index in [9.17, 15) is 9.59 Å². The average Bonchev–Trinajstić information content (AvgIpc) is 2.32. The summed E-state index contributed by atoms with van der Waals surface area (Å²) < 4.78 is 0. The van der Waals surface area contributed by atoms with Crippen molar-refractivity contribution in [3.63, 3.8) is 0 Å². The van der Waals surface area contributed by atoms with Crippen LogP contribution in [0.15, 0.2) is 10.3 Å². The Kier molecular flexibility index (Phi) is 1.71. The molecule has 2 unspecified atom stereocenters. The van der Waals surface area contributed by atoms with Crippen molar-refractivity contribution in [2.24, 2.45) is 10.3 Å². The number of nitrogens with one attached hydrogen (secondary N) is 1. The lowest BCUT2D eigenvalue weighted by atomic mass is 10.1. The van der Waals surface area contributed by atoms with Crippen molar-refractivity contribution < 1.29 is 19.8 Å². The highest BCUT2D eigenvalue weighted by Crippen LogP contribution is 2.06. The number of rotatable bonds is 2. The number of hydrogen-bond donors (Lipinski definition) is 3. The molecule has 0 bridgehead atoms. The van der Waals surface area contributed by atoms with Crippen LogP contribution in [0.25, 0.3) is 0 Å². The van der Waals surface area contributed by atoms with Gasteiger partial charge in [-0.05, 0) is 0 Å². The fourth-order valence-electron chi connectivity index (χ4n) is 0.677. The molecule has 0 amide bonds. The minimum absolute atomic E-state index is 1.24. The average molecular weight is 159 g/mol. The van der Waals surface area contributed by atoms with Crippen LogP contribution in [0.2, 0.25) is 0 Å². The van der Waals surface area contributed by atoms with Gasteiger partial charge in [0.05, 0.1) is 0 Å². The number of hydrogen-bond acceptors (Lipinski definition) is 5. The van der Waals surface area contributed by atoms with Crippen molar-refractivity contribution in [3.8, 4) is 0 Å². The smallest absolute Gasteiger partial charge is 0.333 e. The summed E-state index contributed by atoms with van der Waals surface area (Å²) in [5, 5.41) is 23.0. The Morgan fingerprint density at radius 3 is 2.27 bits per heavy atom. The van der Waals surface area contributed by atoms with Crippen molar-refractivity contribution in [1.82, 2.24) is 5.43 Å². The van der Waals surface area contributed by atoms with Gasteiger partial charge in [0.25, 0.3) is 0 Å². The number of aliphatic carboxylic acids is 2. The van der Waals surface area contributed by atoms with Gasteiger partial charge in [-0.1, -0.05) is 5.22 Å². The Hall–Kier alpha value is -1.66. The van der Waals surface area contributed by atoms with Crippen molar-refractivity contribution in [1.29, 1.82) is 0 Å². The predicted molar refractivity (Wildman–Crippen MR) is 30.8 cm³/mol. The van der Waals surface area contributed by atoms with Gasteiger partial charge >= 0.3 is 11.9 Å². The fraction of sp³-hybridized carbons (Fsp3) is 0.500. The van der Waals surface area contributed by atoms with Crippen LogP contribution in [0, 0.1) is 0 Å². The molecule has 11 heavy (non-hydrogen) atoms. The van der Waals surface area contributed by atoms with Crippen LogP contribution >= 0.6 is 0 Å². The predicted octanol–water partition coefficient (Wildman–Crippen LogP) is -1.14. The molecular formula is C4H5N3O4. The van der Waals surface area contributed by atoms with Gasteiger partial charge in [0.15, 0.2) is 6.04 Å². The molecule has 60 valence electrons. The van der Waals surface area contributed by atoms with Crippen LogP contribution in [0.1, 0.15) is 0 Å². The summed E-state index contributed by atoms with van der Waals surface area (Å²) in [6.45, 7) is 0. The van der Waals surface area contributed by atoms with Gasteiger partial charge in [0.1, 0.15) is 0 Å². The lowest BCUT2D eigenvalue weighted by molar-refractivity contribution is -0.146. The molecule has 1 heterocycles. The van der Waals surface area contributed by atoms with Crippen LogP contribution in [-0.4, -0.2) is 34.2 Å². The maximum Gasteiger partial charge on any atom is 0.333 e. The second kappa shape index (κ2) is 2.52. The van der Waals surface area contributed by atoms with Crippen LogP contribution in [0.4, 0.5) is 0 Å². The quantitative estimate of drug-likeness (QED) is 0.471. The molecule has 0 spiro atoms. The third kappa shape index (κ3) is 1.26. The van der Waals surface area contributed by atoms with Crippen molar-refractivity contribution in [3.05, 3.63) is 0 Å². The van der Waals surface area contributed by atoms with Gasteiger partial charge in [-0.15, -0.1) is 0 Å². The first-order valence-electron chi connectivity index (χ1n) is 2.74. The molecule has 0 fully saturated rings. The highest BCUT2D eigenvalue weighted by molar-refractivity contribution is 5.85. The zero-order chi connectivity index (χ0) is 8.43. The molecule has 1 rings (SSSR count). The Morgan fingerprint density at radius 1 is 1.27 bits per heavy atom. The van der Waals surface area contributed by atoms with Crippen molar-refractivity contribution in [2.75, 3.05) is 0 Å². The molecule has 0 saturated carbocycles. The first-order chi connectivity index (χ1) is 5.13. The zero-order valence-electron chi connectivity index (χ0n) is 5.26. The zero-order valence-corrected chi connectivity index (χ0v) is 5.26. The maximum absolute atomic E-state index is 10.3. The largest absolute Gasteiger partial charge is 0.480 e. The van der Waals surface area contributed by atoms with E-state index in [1.54, 1.807) is 0 Å². The minimum Gasteiger partial charge on any atom is -0.480 e. The van der Waals surface area contributed by atoms with E-state index in [-0.39, 0.29) is 0 Å². The van der Waals surface area contributed by atoms with E-state index in [1.807, 2.05) is 0 Å². The van der Waals surface area contributed by atoms with E-state index in [0.29, 0.717) is 0 Å². The molecule has 0 aromatic rings. The van der Waals surface area contributed by atoms with Crippen molar-refractivity contribution >= 4 is 11.9 Å². The summed E-state index contributed by atoms with van der Waals surface area (Å²) in [5.41, 5.74) is 2.07. The number of carbonyl (C=O) groups is 2. The first kappa shape index (κ1) is 7.45. The van der Waals surface area contributed by atoms with Crippen LogP contribution in [0.5, 0.6) is 0 Å². The molecule has 0 aromatic heterocycles. The van der Waals surface area contributed by atoms with E-state index in [0.717, 1.165) is 0 Å². The SMILES string of the molecule is O=C(O)C1N=NNC1C(=O)O. The van der Waals surface area contributed by atoms with E-state index in [1.165, 1.54) is 0 Å². The van der Waals surface area contributed by atoms with E-state index < -0.39 is 24.0 Å². The lowest BCUT2D eigenvalue weighted by Crippen LogP contribution is -2.42. The molecule has 7 heteroatoms. The molecule has 3 N–H and O–H groups in total. The summed E-state index contributed by atoms with van der Waals surface area (Å²) in [6, 6.07) is -2.56. The molecule has 1 aliphatic rings.